The van der Waals surface area contributed by atoms with Crippen molar-refractivity contribution in [3.8, 4) is 0 Å². The quantitative estimate of drug-likeness (QED) is 0.726. The molecule has 0 rings (SSSR count). The van der Waals surface area contributed by atoms with Crippen LogP contribution < -0.4 is 0 Å². The maximum absolute atomic E-state index is 12.0. The van der Waals surface area contributed by atoms with Gasteiger partial charge >= 0.3 is 0 Å². The van der Waals surface area contributed by atoms with Crippen LogP contribution in [-0.4, -0.2) is 39.9 Å². The van der Waals surface area contributed by atoms with E-state index >= 15 is 0 Å². The summed E-state index contributed by atoms with van der Waals surface area (Å²) in [6.45, 7) is 6.59. The third-order valence-corrected chi connectivity index (χ3v) is 3.67. The van der Waals surface area contributed by atoms with Crippen molar-refractivity contribution in [2.75, 3.05) is 13.2 Å². The molecule has 1 atom stereocenters. The molecule has 0 radical (unpaired) electrons. The Morgan fingerprint density at radius 2 is 1.80 bits per heavy atom. The summed E-state index contributed by atoms with van der Waals surface area (Å²) in [5.74, 6) is 0.0975. The topological polar surface area (TPSA) is 40.5 Å². The van der Waals surface area contributed by atoms with Crippen LogP contribution >= 0.6 is 15.9 Å². The Morgan fingerprint density at radius 1 is 1.27 bits per heavy atom. The van der Waals surface area contributed by atoms with Crippen LogP contribution in [0.1, 0.15) is 40.0 Å². The zero-order chi connectivity index (χ0) is 11.8. The summed E-state index contributed by atoms with van der Waals surface area (Å²) >= 11 is 3.37. The normalized spacial score (nSPS) is 12.9. The van der Waals surface area contributed by atoms with E-state index < -0.39 is 0 Å². The first kappa shape index (κ1) is 14.9. The molecule has 0 aliphatic heterocycles. The van der Waals surface area contributed by atoms with Crippen LogP contribution in [-0.2, 0) is 4.79 Å². The number of rotatable bonds is 7. The van der Waals surface area contributed by atoms with Gasteiger partial charge in [-0.25, -0.2) is 0 Å². The molecule has 0 aromatic heterocycles. The molecule has 0 aliphatic carbocycles. The molecule has 1 unspecified atom stereocenters. The molecular weight excluding hydrogens is 258 g/mol. The standard InChI is InChI=1S/C11H22BrNO2/c1-4-9(5-2)13(7-8-14)11(15)10(12)6-3/h9-10,14H,4-8H2,1-3H3. The predicted molar refractivity (Wildman–Crippen MR) is 66.2 cm³/mol. The van der Waals surface area contributed by atoms with E-state index in [0.717, 1.165) is 19.3 Å². The summed E-state index contributed by atoms with van der Waals surface area (Å²) in [5.41, 5.74) is 0. The number of carbonyl (C=O) groups excluding carboxylic acids is 1. The molecule has 15 heavy (non-hydrogen) atoms. The predicted octanol–water partition coefficient (Wildman–Crippen LogP) is 2.17. The maximum atomic E-state index is 12.0. The van der Waals surface area contributed by atoms with Gasteiger partial charge in [-0.2, -0.15) is 0 Å². The number of hydrogen-bond acceptors (Lipinski definition) is 2. The van der Waals surface area contributed by atoms with E-state index in [0.29, 0.717) is 6.54 Å². The Labute approximate surface area is 101 Å². The number of halogens is 1. The van der Waals surface area contributed by atoms with Crippen LogP contribution in [0.3, 0.4) is 0 Å². The van der Waals surface area contributed by atoms with Gasteiger partial charge in [0.1, 0.15) is 0 Å². The summed E-state index contributed by atoms with van der Waals surface area (Å²) in [5, 5.41) is 8.97. The summed E-state index contributed by atoms with van der Waals surface area (Å²) in [6.07, 6.45) is 2.65. The largest absolute Gasteiger partial charge is 0.395 e. The van der Waals surface area contributed by atoms with E-state index in [1.807, 2.05) is 6.92 Å². The SMILES string of the molecule is CCC(Br)C(=O)N(CCO)C(CC)CC. The molecule has 0 saturated heterocycles. The summed E-state index contributed by atoms with van der Waals surface area (Å²) in [7, 11) is 0. The van der Waals surface area contributed by atoms with Gasteiger partial charge in [-0.05, 0) is 19.3 Å². The summed E-state index contributed by atoms with van der Waals surface area (Å²) in [4.78, 5) is 13.7. The number of hydrogen-bond donors (Lipinski definition) is 1. The van der Waals surface area contributed by atoms with Gasteiger partial charge in [-0.3, -0.25) is 4.79 Å². The number of aliphatic hydroxyl groups is 1. The van der Waals surface area contributed by atoms with Crippen molar-refractivity contribution in [3.63, 3.8) is 0 Å². The fraction of sp³-hybridized carbons (Fsp3) is 0.909. The lowest BCUT2D eigenvalue weighted by molar-refractivity contribution is -0.133. The Morgan fingerprint density at radius 3 is 2.13 bits per heavy atom. The van der Waals surface area contributed by atoms with Crippen molar-refractivity contribution < 1.29 is 9.90 Å². The van der Waals surface area contributed by atoms with Crippen LogP contribution in [0.25, 0.3) is 0 Å². The first-order valence-corrected chi connectivity index (χ1v) is 6.59. The lowest BCUT2D eigenvalue weighted by atomic mass is 10.1. The number of amides is 1. The minimum Gasteiger partial charge on any atom is -0.395 e. The highest BCUT2D eigenvalue weighted by atomic mass is 79.9. The van der Waals surface area contributed by atoms with E-state index in [4.69, 9.17) is 5.11 Å². The van der Waals surface area contributed by atoms with Gasteiger partial charge in [0.05, 0.1) is 11.4 Å². The molecule has 4 heteroatoms. The molecular formula is C11H22BrNO2. The number of aliphatic hydroxyl groups excluding tert-OH is 1. The number of carbonyl (C=O) groups is 1. The van der Waals surface area contributed by atoms with E-state index in [1.54, 1.807) is 4.90 Å². The smallest absolute Gasteiger partial charge is 0.236 e. The average Bonchev–Trinajstić information content (AvgIpc) is 2.27. The van der Waals surface area contributed by atoms with E-state index in [-0.39, 0.29) is 23.4 Å². The van der Waals surface area contributed by atoms with Crippen molar-refractivity contribution in [2.24, 2.45) is 0 Å². The Kier molecular flexibility index (Phi) is 8.06. The molecule has 0 heterocycles. The molecule has 1 amide bonds. The third-order valence-electron chi connectivity index (χ3n) is 2.63. The van der Waals surface area contributed by atoms with Crippen LogP contribution in [0.5, 0.6) is 0 Å². The molecule has 0 aliphatic rings. The zero-order valence-corrected chi connectivity index (χ0v) is 11.5. The lowest BCUT2D eigenvalue weighted by Gasteiger charge is -2.31. The Hall–Kier alpha value is -0.0900. The minimum absolute atomic E-state index is 0.0334. The fourth-order valence-electron chi connectivity index (χ4n) is 1.66. The zero-order valence-electron chi connectivity index (χ0n) is 9.87. The van der Waals surface area contributed by atoms with Crippen molar-refractivity contribution in [3.05, 3.63) is 0 Å². The summed E-state index contributed by atoms with van der Waals surface area (Å²) < 4.78 is 0. The number of nitrogens with zero attached hydrogens (tertiary/aromatic N) is 1. The molecule has 0 saturated carbocycles. The van der Waals surface area contributed by atoms with E-state index in [9.17, 15) is 4.79 Å². The minimum atomic E-state index is -0.121. The molecule has 0 aromatic carbocycles. The van der Waals surface area contributed by atoms with Crippen molar-refractivity contribution in [1.29, 1.82) is 0 Å². The fourth-order valence-corrected chi connectivity index (χ4v) is 1.93. The van der Waals surface area contributed by atoms with E-state index in [1.165, 1.54) is 0 Å². The number of alkyl halides is 1. The second-order valence-corrected chi connectivity index (χ2v) is 4.71. The first-order valence-electron chi connectivity index (χ1n) is 5.67. The maximum Gasteiger partial charge on any atom is 0.236 e. The van der Waals surface area contributed by atoms with Gasteiger partial charge in [0.25, 0.3) is 0 Å². The highest BCUT2D eigenvalue weighted by Crippen LogP contribution is 2.15. The lowest BCUT2D eigenvalue weighted by Crippen LogP contribution is -2.45. The molecule has 0 fully saturated rings. The van der Waals surface area contributed by atoms with Gasteiger partial charge in [-0.1, -0.05) is 36.7 Å². The van der Waals surface area contributed by atoms with Gasteiger partial charge < -0.3 is 10.0 Å². The van der Waals surface area contributed by atoms with E-state index in [2.05, 4.69) is 29.8 Å². The van der Waals surface area contributed by atoms with Crippen molar-refractivity contribution in [1.82, 2.24) is 4.90 Å². The highest BCUT2D eigenvalue weighted by molar-refractivity contribution is 9.10. The summed E-state index contributed by atoms with van der Waals surface area (Å²) in [6, 6.07) is 0.247. The third kappa shape index (κ3) is 4.51. The van der Waals surface area contributed by atoms with Crippen LogP contribution in [0, 0.1) is 0 Å². The van der Waals surface area contributed by atoms with Crippen LogP contribution in [0.2, 0.25) is 0 Å². The molecule has 90 valence electrons. The van der Waals surface area contributed by atoms with Crippen LogP contribution in [0.4, 0.5) is 0 Å². The Bertz CT molecular complexity index is 183. The monoisotopic (exact) mass is 279 g/mol. The molecule has 3 nitrogen and oxygen atoms in total. The van der Waals surface area contributed by atoms with Gasteiger partial charge in [0, 0.05) is 12.6 Å². The Balaban J connectivity index is 4.55. The molecule has 0 bridgehead atoms. The highest BCUT2D eigenvalue weighted by Gasteiger charge is 2.24. The molecule has 1 N–H and O–H groups in total. The van der Waals surface area contributed by atoms with Crippen LogP contribution in [0.15, 0.2) is 0 Å². The van der Waals surface area contributed by atoms with Gasteiger partial charge in [0.15, 0.2) is 0 Å². The average molecular weight is 280 g/mol. The first-order chi connectivity index (χ1) is 7.12. The molecule has 0 aromatic rings. The van der Waals surface area contributed by atoms with Gasteiger partial charge in [-0.15, -0.1) is 0 Å². The van der Waals surface area contributed by atoms with Gasteiger partial charge in [0.2, 0.25) is 5.91 Å². The second-order valence-electron chi connectivity index (χ2n) is 3.60. The molecule has 0 spiro atoms. The second kappa shape index (κ2) is 8.11. The van der Waals surface area contributed by atoms with Crippen molar-refractivity contribution >= 4 is 21.8 Å². The van der Waals surface area contributed by atoms with Crippen molar-refractivity contribution in [2.45, 2.75) is 50.9 Å².